The van der Waals surface area contributed by atoms with Gasteiger partial charge in [-0.05, 0) is 31.1 Å². The summed E-state index contributed by atoms with van der Waals surface area (Å²) >= 11 is 0. The van der Waals surface area contributed by atoms with Gasteiger partial charge in [0.05, 0.1) is 6.17 Å². The molecule has 1 amide bonds. The average Bonchev–Trinajstić information content (AvgIpc) is 2.93. The first-order valence-corrected chi connectivity index (χ1v) is 8.09. The fourth-order valence-corrected chi connectivity index (χ4v) is 2.93. The van der Waals surface area contributed by atoms with Gasteiger partial charge in [-0.25, -0.2) is 0 Å². The van der Waals surface area contributed by atoms with E-state index < -0.39 is 0 Å². The van der Waals surface area contributed by atoms with Crippen LogP contribution in [-0.4, -0.2) is 24.8 Å². The molecule has 0 aromatic rings. The summed E-state index contributed by atoms with van der Waals surface area (Å²) in [4.78, 5) is 17.2. The topological polar surface area (TPSA) is 62.4 Å². The van der Waals surface area contributed by atoms with Gasteiger partial charge in [-0.3, -0.25) is 14.9 Å². The Labute approximate surface area is 122 Å². The maximum atomic E-state index is 11.7. The van der Waals surface area contributed by atoms with Crippen LogP contribution in [-0.2, 0) is 9.63 Å². The van der Waals surface area contributed by atoms with Crippen molar-refractivity contribution in [2.75, 3.05) is 6.54 Å². The number of rotatable bonds is 6. The molecule has 2 atom stereocenters. The number of nitrogens with one attached hydrogen (secondary N) is 3. The third-order valence-corrected chi connectivity index (χ3v) is 4.17. The van der Waals surface area contributed by atoms with Crippen molar-refractivity contribution in [3.8, 4) is 0 Å². The van der Waals surface area contributed by atoms with Gasteiger partial charge in [0.1, 0.15) is 6.23 Å². The summed E-state index contributed by atoms with van der Waals surface area (Å²) in [5.41, 5.74) is 3.11. The number of carbonyl (C=O) groups excluding carboxylic acids is 1. The van der Waals surface area contributed by atoms with E-state index in [4.69, 9.17) is 4.84 Å². The SMILES string of the molecule is CC(C)CNC(=O)CCC1NC(C2CCCCC2)NO1. The largest absolute Gasteiger partial charge is 0.356 e. The van der Waals surface area contributed by atoms with Gasteiger partial charge < -0.3 is 5.32 Å². The molecule has 1 aliphatic carbocycles. The molecule has 2 rings (SSSR count). The molecule has 3 N–H and O–H groups in total. The van der Waals surface area contributed by atoms with Crippen molar-refractivity contribution in [2.24, 2.45) is 11.8 Å². The van der Waals surface area contributed by atoms with E-state index in [1.54, 1.807) is 0 Å². The van der Waals surface area contributed by atoms with E-state index in [1.807, 2.05) is 0 Å². The second-order valence-corrected chi connectivity index (χ2v) is 6.50. The summed E-state index contributed by atoms with van der Waals surface area (Å²) in [6.45, 7) is 4.95. The smallest absolute Gasteiger partial charge is 0.220 e. The second kappa shape index (κ2) is 7.96. The first-order valence-electron chi connectivity index (χ1n) is 8.09. The molecule has 20 heavy (non-hydrogen) atoms. The van der Waals surface area contributed by atoms with Crippen LogP contribution in [0.15, 0.2) is 0 Å². The highest BCUT2D eigenvalue weighted by atomic mass is 16.7. The van der Waals surface area contributed by atoms with E-state index in [-0.39, 0.29) is 18.3 Å². The van der Waals surface area contributed by atoms with Crippen LogP contribution in [0.5, 0.6) is 0 Å². The van der Waals surface area contributed by atoms with Crippen LogP contribution in [0.2, 0.25) is 0 Å². The average molecular weight is 283 g/mol. The zero-order chi connectivity index (χ0) is 14.4. The van der Waals surface area contributed by atoms with Crippen LogP contribution >= 0.6 is 0 Å². The number of hydrogen-bond donors (Lipinski definition) is 3. The van der Waals surface area contributed by atoms with Crippen LogP contribution < -0.4 is 16.1 Å². The highest BCUT2D eigenvalue weighted by Gasteiger charge is 2.31. The summed E-state index contributed by atoms with van der Waals surface area (Å²) in [5, 5.41) is 6.41. The maximum Gasteiger partial charge on any atom is 0.220 e. The first kappa shape index (κ1) is 15.7. The van der Waals surface area contributed by atoms with Gasteiger partial charge in [0.15, 0.2) is 0 Å². The Hall–Kier alpha value is -0.650. The van der Waals surface area contributed by atoms with Crippen LogP contribution in [0.3, 0.4) is 0 Å². The number of hydrogen-bond acceptors (Lipinski definition) is 4. The standard InChI is InChI=1S/C15H29N3O2/c1-11(2)10-16-13(19)8-9-14-17-15(18-20-14)12-6-4-3-5-7-12/h11-12,14-15,17-18H,3-10H2,1-2H3,(H,16,19). The summed E-state index contributed by atoms with van der Waals surface area (Å²) in [5.74, 6) is 1.28. The minimum atomic E-state index is -0.0354. The molecule has 116 valence electrons. The van der Waals surface area contributed by atoms with Crippen LogP contribution in [0.1, 0.15) is 58.8 Å². The molecule has 1 saturated carbocycles. The van der Waals surface area contributed by atoms with E-state index >= 15 is 0 Å². The van der Waals surface area contributed by atoms with Crippen molar-refractivity contribution in [1.82, 2.24) is 16.1 Å². The Balaban J connectivity index is 1.62. The van der Waals surface area contributed by atoms with Crippen LogP contribution in [0.25, 0.3) is 0 Å². The summed E-state index contributed by atoms with van der Waals surface area (Å²) in [6, 6.07) is 0. The molecule has 2 aliphatic rings. The molecule has 2 fully saturated rings. The predicted octanol–water partition coefficient (Wildman–Crippen LogP) is 1.90. The van der Waals surface area contributed by atoms with Gasteiger partial charge in [0, 0.05) is 13.0 Å². The van der Waals surface area contributed by atoms with Gasteiger partial charge in [-0.15, -0.1) is 0 Å². The molecule has 1 heterocycles. The second-order valence-electron chi connectivity index (χ2n) is 6.50. The lowest BCUT2D eigenvalue weighted by Crippen LogP contribution is -2.41. The van der Waals surface area contributed by atoms with Gasteiger partial charge in [0.25, 0.3) is 0 Å². The summed E-state index contributed by atoms with van der Waals surface area (Å²) in [6.07, 6.45) is 8.03. The maximum absolute atomic E-state index is 11.7. The van der Waals surface area contributed by atoms with Crippen molar-refractivity contribution in [2.45, 2.75) is 71.2 Å². The molecular formula is C15H29N3O2. The minimum Gasteiger partial charge on any atom is -0.356 e. The highest BCUT2D eigenvalue weighted by molar-refractivity contribution is 5.75. The zero-order valence-corrected chi connectivity index (χ0v) is 12.8. The van der Waals surface area contributed by atoms with Gasteiger partial charge in [-0.2, -0.15) is 5.48 Å². The lowest BCUT2D eigenvalue weighted by atomic mass is 9.87. The number of carbonyl (C=O) groups is 1. The molecule has 2 unspecified atom stereocenters. The third kappa shape index (κ3) is 5.04. The number of hydroxylamine groups is 1. The van der Waals surface area contributed by atoms with Crippen LogP contribution in [0.4, 0.5) is 0 Å². The molecule has 0 aromatic carbocycles. The normalized spacial score (nSPS) is 27.9. The van der Waals surface area contributed by atoms with E-state index in [0.717, 1.165) is 13.0 Å². The Morgan fingerprint density at radius 2 is 2.05 bits per heavy atom. The quantitative estimate of drug-likeness (QED) is 0.697. The van der Waals surface area contributed by atoms with Crippen LogP contribution in [0, 0.1) is 11.8 Å². The summed E-state index contributed by atoms with van der Waals surface area (Å²) < 4.78 is 0. The molecule has 1 aliphatic heterocycles. The first-order chi connectivity index (χ1) is 9.65. The minimum absolute atomic E-state index is 0.0354. The molecule has 5 nitrogen and oxygen atoms in total. The summed E-state index contributed by atoms with van der Waals surface area (Å²) in [7, 11) is 0. The van der Waals surface area contributed by atoms with Gasteiger partial charge in [0.2, 0.25) is 5.91 Å². The predicted molar refractivity (Wildman–Crippen MR) is 78.6 cm³/mol. The molecule has 0 spiro atoms. The molecular weight excluding hydrogens is 254 g/mol. The van der Waals surface area contributed by atoms with Gasteiger partial charge >= 0.3 is 0 Å². The highest BCUT2D eigenvalue weighted by Crippen LogP contribution is 2.27. The van der Waals surface area contributed by atoms with E-state index in [9.17, 15) is 4.79 Å². The van der Waals surface area contributed by atoms with Crippen molar-refractivity contribution >= 4 is 5.91 Å². The zero-order valence-electron chi connectivity index (χ0n) is 12.8. The molecule has 0 radical (unpaired) electrons. The van der Waals surface area contributed by atoms with E-state index in [0.29, 0.717) is 18.3 Å². The lowest BCUT2D eigenvalue weighted by molar-refractivity contribution is -0.122. The monoisotopic (exact) mass is 283 g/mol. The fourth-order valence-electron chi connectivity index (χ4n) is 2.93. The molecule has 0 aromatic heterocycles. The third-order valence-electron chi connectivity index (χ3n) is 4.17. The van der Waals surface area contributed by atoms with E-state index in [2.05, 4.69) is 30.0 Å². The molecule has 0 bridgehead atoms. The lowest BCUT2D eigenvalue weighted by Gasteiger charge is -2.26. The Morgan fingerprint density at radius 1 is 1.30 bits per heavy atom. The van der Waals surface area contributed by atoms with Crippen molar-refractivity contribution in [1.29, 1.82) is 0 Å². The fraction of sp³-hybridized carbons (Fsp3) is 0.933. The number of amides is 1. The Bertz CT molecular complexity index is 303. The molecule has 5 heteroatoms. The van der Waals surface area contributed by atoms with Gasteiger partial charge in [-0.1, -0.05) is 33.1 Å². The van der Waals surface area contributed by atoms with Crippen molar-refractivity contribution in [3.63, 3.8) is 0 Å². The van der Waals surface area contributed by atoms with Crippen molar-refractivity contribution < 1.29 is 9.63 Å². The Kier molecular flexibility index (Phi) is 6.26. The van der Waals surface area contributed by atoms with Crippen molar-refractivity contribution in [3.05, 3.63) is 0 Å². The van der Waals surface area contributed by atoms with E-state index in [1.165, 1.54) is 32.1 Å². The Morgan fingerprint density at radius 3 is 2.75 bits per heavy atom. The molecule has 1 saturated heterocycles.